The number of benzene rings is 1. The summed E-state index contributed by atoms with van der Waals surface area (Å²) < 4.78 is 43.9. The molecule has 0 aliphatic heterocycles. The molecule has 0 saturated heterocycles. The van der Waals surface area contributed by atoms with Gasteiger partial charge in [-0.3, -0.25) is 0 Å². The number of hydrogen-bond acceptors (Lipinski definition) is 7. The quantitative estimate of drug-likeness (QED) is 0.484. The first-order valence-electron chi connectivity index (χ1n) is 9.76. The molecule has 30 heavy (non-hydrogen) atoms. The summed E-state index contributed by atoms with van der Waals surface area (Å²) in [7, 11) is 0. The molecule has 0 aromatic heterocycles. The van der Waals surface area contributed by atoms with Gasteiger partial charge in [-0.25, -0.2) is 9.59 Å². The van der Waals surface area contributed by atoms with Crippen molar-refractivity contribution < 1.29 is 42.5 Å². The predicted molar refractivity (Wildman–Crippen MR) is 99.1 cm³/mol. The largest absolute Gasteiger partial charge is 0.544 e. The molecule has 9 heteroatoms. The Morgan fingerprint density at radius 1 is 1.07 bits per heavy atom. The van der Waals surface area contributed by atoms with Gasteiger partial charge in [0.15, 0.2) is 5.60 Å². The molecule has 0 spiro atoms. The van der Waals surface area contributed by atoms with Gasteiger partial charge in [0.05, 0.1) is 5.56 Å². The molecule has 0 unspecified atom stereocenters. The first-order valence-corrected chi connectivity index (χ1v) is 9.76. The van der Waals surface area contributed by atoms with Crippen LogP contribution in [0.5, 0.6) is 5.75 Å². The number of carbonyl (C=O) groups is 3. The molecule has 2 rings (SSSR count). The van der Waals surface area contributed by atoms with E-state index in [1.165, 1.54) is 24.3 Å². The zero-order valence-electron chi connectivity index (χ0n) is 17.2. The van der Waals surface area contributed by atoms with E-state index in [0.29, 0.717) is 25.7 Å². The lowest BCUT2D eigenvalue weighted by molar-refractivity contribution is -0.345. The smallest absolute Gasteiger partial charge is 0.514 e. The van der Waals surface area contributed by atoms with E-state index in [4.69, 9.17) is 14.2 Å². The van der Waals surface area contributed by atoms with Crippen molar-refractivity contribution in [3.63, 3.8) is 0 Å². The van der Waals surface area contributed by atoms with Gasteiger partial charge in [-0.2, -0.15) is 8.78 Å². The molecule has 1 aromatic carbocycles. The van der Waals surface area contributed by atoms with Crippen molar-refractivity contribution in [2.24, 2.45) is 0 Å². The van der Waals surface area contributed by atoms with Gasteiger partial charge in [-0.05, 0) is 70.2 Å². The topological polar surface area (TPSA) is 102 Å². The standard InChI is InChI=1S/C21H26F2O7/c1-4-19(2,3)30-18(27)28-15-10-8-14(9-11-15)16(24)29-20(12-6-5-7-13-20)21(22,23)17(25)26/h8-11H,4-7,12-13H2,1-3H3,(H,25,26)/p-1. The number of ether oxygens (including phenoxy) is 3. The molecule has 0 bridgehead atoms. The van der Waals surface area contributed by atoms with Crippen LogP contribution in [0.15, 0.2) is 24.3 Å². The molecular formula is C21H25F2O7-. The third-order valence-electron chi connectivity index (χ3n) is 5.28. The molecule has 0 heterocycles. The number of carboxylic acids is 1. The van der Waals surface area contributed by atoms with E-state index in [2.05, 4.69) is 0 Å². The molecule has 0 amide bonds. The van der Waals surface area contributed by atoms with Crippen molar-refractivity contribution in [3.05, 3.63) is 29.8 Å². The van der Waals surface area contributed by atoms with Crippen molar-refractivity contribution in [1.29, 1.82) is 0 Å². The second kappa shape index (κ2) is 8.97. The van der Waals surface area contributed by atoms with E-state index < -0.39 is 35.2 Å². The Balaban J connectivity index is 2.11. The van der Waals surface area contributed by atoms with Gasteiger partial charge in [-0.1, -0.05) is 13.3 Å². The van der Waals surface area contributed by atoms with Gasteiger partial charge < -0.3 is 24.1 Å². The highest BCUT2D eigenvalue weighted by Gasteiger charge is 2.58. The highest BCUT2D eigenvalue weighted by Crippen LogP contribution is 2.44. The molecule has 166 valence electrons. The summed E-state index contributed by atoms with van der Waals surface area (Å²) in [6.45, 7) is 5.28. The first kappa shape index (κ1) is 23.6. The number of carbonyl (C=O) groups excluding carboxylic acids is 3. The van der Waals surface area contributed by atoms with Gasteiger partial charge >= 0.3 is 18.0 Å². The van der Waals surface area contributed by atoms with Crippen LogP contribution >= 0.6 is 0 Å². The summed E-state index contributed by atoms with van der Waals surface area (Å²) in [6, 6.07) is 5.01. The van der Waals surface area contributed by atoms with Gasteiger partial charge in [0, 0.05) is 0 Å². The van der Waals surface area contributed by atoms with Crippen molar-refractivity contribution in [2.45, 2.75) is 76.4 Å². The van der Waals surface area contributed by atoms with Crippen LogP contribution in [-0.4, -0.2) is 35.2 Å². The number of aliphatic carboxylic acids is 1. The van der Waals surface area contributed by atoms with E-state index in [1.807, 2.05) is 6.92 Å². The van der Waals surface area contributed by atoms with Crippen molar-refractivity contribution in [1.82, 2.24) is 0 Å². The molecule has 1 fully saturated rings. The summed E-state index contributed by atoms with van der Waals surface area (Å²) >= 11 is 0. The minimum absolute atomic E-state index is 0.0795. The van der Waals surface area contributed by atoms with Crippen LogP contribution in [0.1, 0.15) is 69.7 Å². The summed E-state index contributed by atoms with van der Waals surface area (Å²) in [6.07, 6.45) is 0.342. The molecule has 1 saturated carbocycles. The van der Waals surface area contributed by atoms with Crippen LogP contribution in [-0.2, 0) is 14.3 Å². The monoisotopic (exact) mass is 427 g/mol. The van der Waals surface area contributed by atoms with Crippen LogP contribution < -0.4 is 9.84 Å². The van der Waals surface area contributed by atoms with Gasteiger partial charge in [0.25, 0.3) is 0 Å². The number of esters is 1. The van der Waals surface area contributed by atoms with E-state index >= 15 is 0 Å². The van der Waals surface area contributed by atoms with Crippen molar-refractivity contribution in [3.8, 4) is 5.75 Å². The third-order valence-corrected chi connectivity index (χ3v) is 5.28. The Bertz CT molecular complexity index is 781. The molecule has 7 nitrogen and oxygen atoms in total. The zero-order valence-corrected chi connectivity index (χ0v) is 17.2. The molecule has 0 N–H and O–H groups in total. The Morgan fingerprint density at radius 2 is 1.63 bits per heavy atom. The molecule has 1 aromatic rings. The van der Waals surface area contributed by atoms with Crippen LogP contribution in [0.25, 0.3) is 0 Å². The minimum Gasteiger partial charge on any atom is -0.544 e. The summed E-state index contributed by atoms with van der Waals surface area (Å²) in [5.41, 5.74) is -3.26. The number of carboxylic acid groups (broad SMARTS) is 1. The highest BCUT2D eigenvalue weighted by molar-refractivity contribution is 5.90. The molecule has 1 aliphatic carbocycles. The van der Waals surface area contributed by atoms with Gasteiger partial charge in [-0.15, -0.1) is 0 Å². The normalized spacial score (nSPS) is 16.4. The van der Waals surface area contributed by atoms with Gasteiger partial charge in [0.1, 0.15) is 17.3 Å². The van der Waals surface area contributed by atoms with Crippen LogP contribution in [0.3, 0.4) is 0 Å². The molecule has 1 aliphatic rings. The summed E-state index contributed by atoms with van der Waals surface area (Å²) in [5.74, 6) is -7.91. The maximum absolute atomic E-state index is 14.3. The summed E-state index contributed by atoms with van der Waals surface area (Å²) in [4.78, 5) is 35.2. The Morgan fingerprint density at radius 3 is 2.13 bits per heavy atom. The lowest BCUT2D eigenvalue weighted by Crippen LogP contribution is -2.61. The second-order valence-electron chi connectivity index (χ2n) is 7.90. The molecular weight excluding hydrogens is 402 g/mol. The fraction of sp³-hybridized carbons (Fsp3) is 0.571. The number of rotatable bonds is 7. The van der Waals surface area contributed by atoms with Crippen LogP contribution in [0, 0.1) is 0 Å². The maximum Gasteiger partial charge on any atom is 0.514 e. The number of alkyl halides is 2. The van der Waals surface area contributed by atoms with E-state index in [9.17, 15) is 28.3 Å². The predicted octanol–water partition coefficient (Wildman–Crippen LogP) is 3.64. The number of halogens is 2. The van der Waals surface area contributed by atoms with E-state index in [0.717, 1.165) is 0 Å². The Kier molecular flexibility index (Phi) is 7.05. The zero-order chi connectivity index (χ0) is 22.6. The van der Waals surface area contributed by atoms with Crippen LogP contribution in [0.2, 0.25) is 0 Å². The highest BCUT2D eigenvalue weighted by atomic mass is 19.3. The van der Waals surface area contributed by atoms with Crippen molar-refractivity contribution >= 4 is 18.1 Å². The fourth-order valence-corrected chi connectivity index (χ4v) is 3.10. The lowest BCUT2D eigenvalue weighted by Gasteiger charge is -2.42. The minimum atomic E-state index is -4.32. The van der Waals surface area contributed by atoms with Crippen LogP contribution in [0.4, 0.5) is 13.6 Å². The third kappa shape index (κ3) is 5.25. The van der Waals surface area contributed by atoms with Gasteiger partial charge in [0.2, 0.25) is 0 Å². The average molecular weight is 427 g/mol. The second-order valence-corrected chi connectivity index (χ2v) is 7.90. The number of hydrogen-bond donors (Lipinski definition) is 0. The summed E-state index contributed by atoms with van der Waals surface area (Å²) in [5, 5.41) is 11.0. The Labute approximate surface area is 173 Å². The maximum atomic E-state index is 14.3. The first-order chi connectivity index (χ1) is 13.9. The SMILES string of the molecule is CCC(C)(C)OC(=O)Oc1ccc(C(=O)OC2(C(F)(F)C(=O)[O-])CCCCC2)cc1. The lowest BCUT2D eigenvalue weighted by atomic mass is 9.79. The van der Waals surface area contributed by atoms with E-state index in [-0.39, 0.29) is 24.2 Å². The van der Waals surface area contributed by atoms with E-state index in [1.54, 1.807) is 13.8 Å². The average Bonchev–Trinajstić information content (AvgIpc) is 2.68. The fourth-order valence-electron chi connectivity index (χ4n) is 3.10. The molecule has 0 atom stereocenters. The van der Waals surface area contributed by atoms with Crippen molar-refractivity contribution in [2.75, 3.05) is 0 Å². The Hall–Kier alpha value is -2.71. The molecule has 0 radical (unpaired) electrons.